The minimum atomic E-state index is 0.599. The molecule has 0 spiro atoms. The molecule has 0 radical (unpaired) electrons. The molecule has 76 valence electrons. The van der Waals surface area contributed by atoms with E-state index < -0.39 is 0 Å². The van der Waals surface area contributed by atoms with Crippen LogP contribution in [0.15, 0.2) is 24.4 Å². The van der Waals surface area contributed by atoms with Crippen molar-refractivity contribution in [3.63, 3.8) is 0 Å². The molecule has 1 N–H and O–H groups in total. The van der Waals surface area contributed by atoms with Gasteiger partial charge < -0.3 is 4.72 Å². The van der Waals surface area contributed by atoms with Crippen molar-refractivity contribution in [1.82, 2.24) is 4.72 Å². The number of allylic oxidation sites excluding steroid dienone is 2. The maximum Gasteiger partial charge on any atom is 0.0394 e. The summed E-state index contributed by atoms with van der Waals surface area (Å²) < 4.78 is 3.28. The SMILES string of the molecule is C=C/C(=C\CC(C)C)NSC(C)C. The lowest BCUT2D eigenvalue weighted by Gasteiger charge is -2.09. The molecule has 2 heteroatoms. The van der Waals surface area contributed by atoms with Gasteiger partial charge in [-0.2, -0.15) is 0 Å². The molecular weight excluding hydrogens is 178 g/mol. The van der Waals surface area contributed by atoms with Gasteiger partial charge in [-0.1, -0.05) is 40.3 Å². The number of hydrogen-bond acceptors (Lipinski definition) is 2. The third kappa shape index (κ3) is 7.97. The van der Waals surface area contributed by atoms with Crippen molar-refractivity contribution in [2.24, 2.45) is 5.92 Å². The van der Waals surface area contributed by atoms with Crippen LogP contribution in [0.1, 0.15) is 34.1 Å². The summed E-state index contributed by atoms with van der Waals surface area (Å²) in [5.74, 6) is 0.709. The average molecular weight is 199 g/mol. The summed E-state index contributed by atoms with van der Waals surface area (Å²) in [4.78, 5) is 0. The van der Waals surface area contributed by atoms with Crippen LogP contribution in [-0.2, 0) is 0 Å². The van der Waals surface area contributed by atoms with E-state index in [9.17, 15) is 0 Å². The van der Waals surface area contributed by atoms with Crippen LogP contribution in [0.25, 0.3) is 0 Å². The zero-order valence-corrected chi connectivity index (χ0v) is 9.95. The van der Waals surface area contributed by atoms with Crippen LogP contribution >= 0.6 is 11.9 Å². The van der Waals surface area contributed by atoms with Crippen LogP contribution in [0.5, 0.6) is 0 Å². The van der Waals surface area contributed by atoms with E-state index in [4.69, 9.17) is 0 Å². The van der Waals surface area contributed by atoms with Crippen molar-refractivity contribution in [3.05, 3.63) is 24.4 Å². The molecule has 0 rings (SSSR count). The summed E-state index contributed by atoms with van der Waals surface area (Å²) in [7, 11) is 0. The lowest BCUT2D eigenvalue weighted by atomic mass is 10.1. The van der Waals surface area contributed by atoms with E-state index in [1.54, 1.807) is 11.9 Å². The molecule has 13 heavy (non-hydrogen) atoms. The van der Waals surface area contributed by atoms with Crippen LogP contribution in [0.4, 0.5) is 0 Å². The highest BCUT2D eigenvalue weighted by atomic mass is 32.2. The Hall–Kier alpha value is -0.370. The first-order valence-corrected chi connectivity index (χ1v) is 5.68. The van der Waals surface area contributed by atoms with Crippen molar-refractivity contribution in [1.29, 1.82) is 0 Å². The monoisotopic (exact) mass is 199 g/mol. The standard InChI is InChI=1S/C11H21NS/c1-6-11(8-7-9(2)3)12-13-10(4)5/h6,8-10,12H,1,7H2,2-5H3/b11-8+. The maximum absolute atomic E-state index is 3.77. The Morgan fingerprint density at radius 2 is 2.00 bits per heavy atom. The third-order valence-electron chi connectivity index (χ3n) is 1.44. The molecule has 0 amide bonds. The van der Waals surface area contributed by atoms with E-state index in [1.165, 1.54) is 0 Å². The van der Waals surface area contributed by atoms with Crippen molar-refractivity contribution < 1.29 is 0 Å². The Morgan fingerprint density at radius 1 is 1.38 bits per heavy atom. The quantitative estimate of drug-likeness (QED) is 0.516. The van der Waals surface area contributed by atoms with Gasteiger partial charge in [-0.05, 0) is 30.4 Å². The summed E-state index contributed by atoms with van der Waals surface area (Å²) in [6.07, 6.45) is 5.18. The zero-order valence-electron chi connectivity index (χ0n) is 9.13. The highest BCUT2D eigenvalue weighted by Crippen LogP contribution is 2.10. The molecule has 0 bridgehead atoms. The summed E-state index contributed by atoms with van der Waals surface area (Å²) in [6.45, 7) is 12.5. The minimum absolute atomic E-state index is 0.599. The minimum Gasteiger partial charge on any atom is -0.330 e. The molecule has 0 heterocycles. The molecule has 0 aliphatic heterocycles. The van der Waals surface area contributed by atoms with E-state index >= 15 is 0 Å². The molecule has 0 aliphatic rings. The fourth-order valence-electron chi connectivity index (χ4n) is 0.715. The van der Waals surface area contributed by atoms with Gasteiger partial charge in [0.25, 0.3) is 0 Å². The number of nitrogens with one attached hydrogen (secondary N) is 1. The summed E-state index contributed by atoms with van der Waals surface area (Å²) in [5, 5.41) is 0.599. The molecule has 0 aromatic carbocycles. The Kier molecular flexibility index (Phi) is 6.87. The first-order chi connectivity index (χ1) is 6.06. The first kappa shape index (κ1) is 12.6. The zero-order chi connectivity index (χ0) is 10.3. The van der Waals surface area contributed by atoms with Crippen LogP contribution in [0.3, 0.4) is 0 Å². The predicted octanol–water partition coefficient (Wildman–Crippen LogP) is 3.75. The Balaban J connectivity index is 3.87. The molecule has 0 fully saturated rings. The molecular formula is C11H21NS. The van der Waals surface area contributed by atoms with Gasteiger partial charge in [0.05, 0.1) is 0 Å². The van der Waals surface area contributed by atoms with E-state index in [0.29, 0.717) is 11.2 Å². The van der Waals surface area contributed by atoms with Gasteiger partial charge in [-0.25, -0.2) is 0 Å². The van der Waals surface area contributed by atoms with E-state index in [-0.39, 0.29) is 0 Å². The van der Waals surface area contributed by atoms with Crippen molar-refractivity contribution in [2.45, 2.75) is 39.4 Å². The van der Waals surface area contributed by atoms with Crippen LogP contribution in [-0.4, -0.2) is 5.25 Å². The van der Waals surface area contributed by atoms with Crippen molar-refractivity contribution in [3.8, 4) is 0 Å². The molecule has 0 saturated heterocycles. The second-order valence-electron chi connectivity index (χ2n) is 3.76. The molecule has 0 saturated carbocycles. The lowest BCUT2D eigenvalue weighted by molar-refractivity contribution is 0.661. The summed E-state index contributed by atoms with van der Waals surface area (Å²) in [5.41, 5.74) is 1.13. The van der Waals surface area contributed by atoms with Crippen molar-refractivity contribution in [2.75, 3.05) is 0 Å². The van der Waals surface area contributed by atoms with E-state index in [2.05, 4.69) is 45.1 Å². The highest BCUT2D eigenvalue weighted by Gasteiger charge is 1.96. The Bertz CT molecular complexity index is 171. The maximum atomic E-state index is 3.77. The van der Waals surface area contributed by atoms with Crippen LogP contribution in [0, 0.1) is 5.92 Å². The van der Waals surface area contributed by atoms with Gasteiger partial charge in [-0.15, -0.1) is 0 Å². The third-order valence-corrected chi connectivity index (χ3v) is 2.27. The average Bonchev–Trinajstić information content (AvgIpc) is 2.04. The molecule has 0 aromatic heterocycles. The largest absolute Gasteiger partial charge is 0.330 e. The van der Waals surface area contributed by atoms with Gasteiger partial charge in [-0.3, -0.25) is 0 Å². The van der Waals surface area contributed by atoms with Gasteiger partial charge in [0.1, 0.15) is 0 Å². The van der Waals surface area contributed by atoms with E-state index in [0.717, 1.165) is 12.1 Å². The molecule has 0 aromatic rings. The summed E-state index contributed by atoms with van der Waals surface area (Å²) >= 11 is 1.73. The molecule has 0 atom stereocenters. The highest BCUT2D eigenvalue weighted by molar-refractivity contribution is 7.98. The van der Waals surface area contributed by atoms with E-state index in [1.807, 2.05) is 6.08 Å². The second kappa shape index (κ2) is 7.07. The number of rotatable bonds is 6. The van der Waals surface area contributed by atoms with Gasteiger partial charge in [0, 0.05) is 10.9 Å². The number of hydrogen-bond donors (Lipinski definition) is 1. The van der Waals surface area contributed by atoms with Crippen LogP contribution in [0.2, 0.25) is 0 Å². The van der Waals surface area contributed by atoms with Crippen LogP contribution < -0.4 is 4.72 Å². The molecule has 1 nitrogen and oxygen atoms in total. The Morgan fingerprint density at radius 3 is 2.38 bits per heavy atom. The smallest absolute Gasteiger partial charge is 0.0394 e. The first-order valence-electron chi connectivity index (χ1n) is 4.80. The fraction of sp³-hybridized carbons (Fsp3) is 0.636. The fourth-order valence-corrected chi connectivity index (χ4v) is 1.25. The van der Waals surface area contributed by atoms with Gasteiger partial charge in [0.15, 0.2) is 0 Å². The summed E-state index contributed by atoms with van der Waals surface area (Å²) in [6, 6.07) is 0. The van der Waals surface area contributed by atoms with Gasteiger partial charge in [0.2, 0.25) is 0 Å². The van der Waals surface area contributed by atoms with Gasteiger partial charge >= 0.3 is 0 Å². The van der Waals surface area contributed by atoms with Crippen molar-refractivity contribution >= 4 is 11.9 Å². The topological polar surface area (TPSA) is 12.0 Å². The normalized spacial score (nSPS) is 12.3. The molecule has 0 unspecified atom stereocenters. The Labute approximate surface area is 86.8 Å². The lowest BCUT2D eigenvalue weighted by Crippen LogP contribution is -2.05. The predicted molar refractivity (Wildman–Crippen MR) is 63.6 cm³/mol. The molecule has 0 aliphatic carbocycles. The second-order valence-corrected chi connectivity index (χ2v) is 5.14.